The van der Waals surface area contributed by atoms with Crippen molar-refractivity contribution in [1.29, 1.82) is 0 Å². The lowest BCUT2D eigenvalue weighted by Crippen LogP contribution is -2.29. The van der Waals surface area contributed by atoms with Crippen molar-refractivity contribution < 1.29 is 33.0 Å². The maximum atomic E-state index is 13.5. The van der Waals surface area contributed by atoms with E-state index < -0.39 is 29.3 Å². The van der Waals surface area contributed by atoms with Gasteiger partial charge in [-0.25, -0.2) is 4.39 Å². The van der Waals surface area contributed by atoms with E-state index >= 15 is 0 Å². The average molecular weight is 492 g/mol. The molecule has 0 radical (unpaired) electrons. The predicted octanol–water partition coefficient (Wildman–Crippen LogP) is 5.37. The van der Waals surface area contributed by atoms with Gasteiger partial charge in [-0.2, -0.15) is 0 Å². The van der Waals surface area contributed by atoms with Crippen LogP contribution in [0, 0.1) is 5.82 Å². The lowest BCUT2D eigenvalue weighted by molar-refractivity contribution is -0.132. The quantitative estimate of drug-likeness (QED) is 0.293. The highest BCUT2D eigenvalue weighted by Gasteiger charge is 2.48. The van der Waals surface area contributed by atoms with Gasteiger partial charge < -0.3 is 19.0 Å². The maximum absolute atomic E-state index is 13.5. The van der Waals surface area contributed by atoms with Crippen LogP contribution in [0.5, 0.6) is 11.5 Å². The van der Waals surface area contributed by atoms with E-state index in [4.69, 9.17) is 37.1 Å². The minimum absolute atomic E-state index is 0.0124. The highest BCUT2D eigenvalue weighted by Crippen LogP contribution is 2.48. The Morgan fingerprint density at radius 2 is 1.76 bits per heavy atom. The van der Waals surface area contributed by atoms with Gasteiger partial charge in [-0.1, -0.05) is 23.2 Å². The fourth-order valence-corrected chi connectivity index (χ4v) is 4.40. The number of Topliss-reactive ketones (excluding diaryl/α,β-unsaturated/α-hetero) is 1. The van der Waals surface area contributed by atoms with Gasteiger partial charge in [0.25, 0.3) is 11.7 Å². The number of ketones is 1. The highest BCUT2D eigenvalue weighted by molar-refractivity contribution is 6.51. The topological polar surface area (TPSA) is 89.2 Å². The summed E-state index contributed by atoms with van der Waals surface area (Å²) in [4.78, 5) is 27.3. The Hall–Kier alpha value is -3.49. The van der Waals surface area contributed by atoms with Gasteiger partial charge in [0.15, 0.2) is 11.5 Å². The summed E-state index contributed by atoms with van der Waals surface area (Å²) in [7, 11) is 2.67. The third-order valence-electron chi connectivity index (χ3n) is 5.16. The second-order valence-electron chi connectivity index (χ2n) is 6.95. The number of anilines is 1. The van der Waals surface area contributed by atoms with Crippen molar-refractivity contribution in [3.05, 3.63) is 81.5 Å². The number of ether oxygens (including phenoxy) is 2. The van der Waals surface area contributed by atoms with E-state index in [0.717, 1.165) is 17.0 Å². The molecule has 1 N–H and O–H groups in total. The highest BCUT2D eigenvalue weighted by atomic mass is 35.5. The Labute approximate surface area is 197 Å². The van der Waals surface area contributed by atoms with E-state index in [0.29, 0.717) is 0 Å². The molecule has 0 spiro atoms. The Kier molecular flexibility index (Phi) is 6.05. The van der Waals surface area contributed by atoms with E-state index in [-0.39, 0.29) is 44.1 Å². The smallest absolute Gasteiger partial charge is 0.300 e. The van der Waals surface area contributed by atoms with Crippen molar-refractivity contribution >= 4 is 46.3 Å². The molecular weight excluding hydrogens is 476 g/mol. The molecule has 1 fully saturated rings. The second kappa shape index (κ2) is 8.80. The molecule has 2 heterocycles. The first-order chi connectivity index (χ1) is 15.8. The monoisotopic (exact) mass is 491 g/mol. The van der Waals surface area contributed by atoms with Gasteiger partial charge in [-0.15, -0.1) is 0 Å². The molecule has 0 saturated carbocycles. The molecule has 170 valence electrons. The summed E-state index contributed by atoms with van der Waals surface area (Å²) in [6, 6.07) is 8.28. The third kappa shape index (κ3) is 3.71. The van der Waals surface area contributed by atoms with Gasteiger partial charge >= 0.3 is 0 Å². The normalized spacial score (nSPS) is 17.5. The summed E-state index contributed by atoms with van der Waals surface area (Å²) in [5.74, 6) is -2.72. The number of methoxy groups -OCH3 is 2. The number of furan rings is 1. The number of rotatable bonds is 5. The summed E-state index contributed by atoms with van der Waals surface area (Å²) in [6.45, 7) is 0. The molecule has 2 aromatic carbocycles. The molecular formula is C23H16Cl2FNO6. The Bertz CT molecular complexity index is 1270. The number of hydrogen-bond acceptors (Lipinski definition) is 6. The molecule has 1 saturated heterocycles. The number of amides is 1. The van der Waals surface area contributed by atoms with Gasteiger partial charge in [-0.05, 0) is 42.5 Å². The Morgan fingerprint density at radius 1 is 1.09 bits per heavy atom. The molecule has 1 amide bonds. The first-order valence-corrected chi connectivity index (χ1v) is 10.3. The number of nitrogens with zero attached hydrogens (tertiary/aromatic N) is 1. The molecule has 1 aliphatic rings. The fourth-order valence-electron chi connectivity index (χ4n) is 3.71. The number of carbonyl (C=O) groups excluding carboxylic acids is 2. The van der Waals surface area contributed by atoms with Gasteiger partial charge in [-0.3, -0.25) is 14.5 Å². The lowest BCUT2D eigenvalue weighted by Gasteiger charge is -2.23. The number of carbonyl (C=O) groups is 2. The first-order valence-electron chi connectivity index (χ1n) is 9.50. The molecule has 7 nitrogen and oxygen atoms in total. The van der Waals surface area contributed by atoms with Crippen LogP contribution in [0.3, 0.4) is 0 Å². The summed E-state index contributed by atoms with van der Waals surface area (Å²) in [6.07, 6.45) is 1.36. The molecule has 10 heteroatoms. The van der Waals surface area contributed by atoms with Crippen LogP contribution in [0.2, 0.25) is 10.0 Å². The zero-order valence-corrected chi connectivity index (χ0v) is 18.8. The number of aliphatic hydroxyl groups excluding tert-OH is 1. The molecule has 1 aliphatic heterocycles. The maximum Gasteiger partial charge on any atom is 0.300 e. The third-order valence-corrected chi connectivity index (χ3v) is 5.78. The van der Waals surface area contributed by atoms with Crippen LogP contribution < -0.4 is 14.4 Å². The molecule has 0 aliphatic carbocycles. The Balaban J connectivity index is 1.98. The van der Waals surface area contributed by atoms with Crippen LogP contribution in [0.15, 0.2) is 58.7 Å². The standard InChI is InChI=1S/C23H16Cl2FNO6/c1-31-21-13(10-14(24)22(32-2)17(21)25)19(28)16-18(15-4-3-9-33-15)27(23(30)20(16)29)12-7-5-11(26)6-8-12/h3-10,18,28H,1-2H3/b19-16-. The van der Waals surface area contributed by atoms with Crippen LogP contribution in [0.4, 0.5) is 10.1 Å². The van der Waals surface area contributed by atoms with Crippen LogP contribution >= 0.6 is 23.2 Å². The number of hydrogen-bond donors (Lipinski definition) is 1. The van der Waals surface area contributed by atoms with Crippen LogP contribution in [-0.4, -0.2) is 31.0 Å². The minimum Gasteiger partial charge on any atom is -0.507 e. The summed E-state index contributed by atoms with van der Waals surface area (Å²) >= 11 is 12.6. The summed E-state index contributed by atoms with van der Waals surface area (Å²) in [5, 5.41) is 11.3. The van der Waals surface area contributed by atoms with Crippen molar-refractivity contribution in [2.24, 2.45) is 0 Å². The lowest BCUT2D eigenvalue weighted by atomic mass is 9.98. The predicted molar refractivity (Wildman–Crippen MR) is 119 cm³/mol. The molecule has 1 unspecified atom stereocenters. The fraction of sp³-hybridized carbons (Fsp3) is 0.130. The average Bonchev–Trinajstić information content (AvgIpc) is 3.41. The molecule has 33 heavy (non-hydrogen) atoms. The molecule has 3 aromatic rings. The SMILES string of the molecule is COc1c(Cl)cc(/C(O)=C2/C(=O)C(=O)N(c3ccc(F)cc3)C2c2ccco2)c(OC)c1Cl. The van der Waals surface area contributed by atoms with E-state index in [1.807, 2.05) is 0 Å². The van der Waals surface area contributed by atoms with E-state index in [1.165, 1.54) is 38.7 Å². The van der Waals surface area contributed by atoms with Gasteiger partial charge in [0.05, 0.1) is 36.6 Å². The molecule has 4 rings (SSSR count). The summed E-state index contributed by atoms with van der Waals surface area (Å²) < 4.78 is 29.4. The van der Waals surface area contributed by atoms with Crippen LogP contribution in [-0.2, 0) is 9.59 Å². The molecule has 0 bridgehead atoms. The van der Waals surface area contributed by atoms with Crippen LogP contribution in [0.25, 0.3) is 5.76 Å². The zero-order chi connectivity index (χ0) is 23.9. The van der Waals surface area contributed by atoms with Gasteiger partial charge in [0.2, 0.25) is 0 Å². The summed E-state index contributed by atoms with van der Waals surface area (Å²) in [5.41, 5.74) is -0.0754. The van der Waals surface area contributed by atoms with Crippen LogP contribution in [0.1, 0.15) is 17.4 Å². The van der Waals surface area contributed by atoms with Gasteiger partial charge in [0, 0.05) is 5.69 Å². The number of halogens is 3. The van der Waals surface area contributed by atoms with E-state index in [1.54, 1.807) is 12.1 Å². The Morgan fingerprint density at radius 3 is 2.33 bits per heavy atom. The minimum atomic E-state index is -1.14. The second-order valence-corrected chi connectivity index (χ2v) is 7.73. The van der Waals surface area contributed by atoms with Crippen molar-refractivity contribution in [3.63, 3.8) is 0 Å². The van der Waals surface area contributed by atoms with Crippen molar-refractivity contribution in [2.45, 2.75) is 6.04 Å². The number of aliphatic hydroxyl groups is 1. The van der Waals surface area contributed by atoms with E-state index in [2.05, 4.69) is 0 Å². The van der Waals surface area contributed by atoms with Crippen molar-refractivity contribution in [3.8, 4) is 11.5 Å². The largest absolute Gasteiger partial charge is 0.507 e. The molecule has 1 atom stereocenters. The van der Waals surface area contributed by atoms with Crippen molar-refractivity contribution in [2.75, 3.05) is 19.1 Å². The van der Waals surface area contributed by atoms with Crippen molar-refractivity contribution in [1.82, 2.24) is 0 Å². The molecule has 1 aromatic heterocycles. The van der Waals surface area contributed by atoms with Gasteiger partial charge in [0.1, 0.15) is 28.4 Å². The number of benzene rings is 2. The van der Waals surface area contributed by atoms with E-state index in [9.17, 15) is 19.1 Å². The zero-order valence-electron chi connectivity index (χ0n) is 17.3. The first kappa shape index (κ1) is 22.7.